The standard InChI is InChI=1S/C45H28N4S2/c1-3-9-32(10-4-1)45(33-11-5-2-6-12-33)38-25-29(30-16-19-40(48-27-30)43-46-21-23-50-43)15-18-36(38)42-35-14-8-7-13-34(35)37(26-39(42)45)31-17-20-41(49-28-31)44-47-22-24-51-44/h1-28H. The number of nitrogens with zero attached hydrogens (tertiary/aromatic N) is 4. The van der Waals surface area contributed by atoms with Crippen LogP contribution in [0.1, 0.15) is 22.3 Å². The summed E-state index contributed by atoms with van der Waals surface area (Å²) in [6.45, 7) is 0. The predicted octanol–water partition coefficient (Wildman–Crippen LogP) is 11.6. The minimum atomic E-state index is -0.579. The smallest absolute Gasteiger partial charge is 0.141 e. The van der Waals surface area contributed by atoms with Crippen molar-refractivity contribution >= 4 is 33.4 Å². The third-order valence-electron chi connectivity index (χ3n) is 10.0. The fraction of sp³-hybridized carbons (Fsp3) is 0.0222. The van der Waals surface area contributed by atoms with Gasteiger partial charge in [-0.15, -0.1) is 22.7 Å². The average Bonchev–Trinajstić information content (AvgIpc) is 4.00. The molecule has 1 aliphatic rings. The van der Waals surface area contributed by atoms with Gasteiger partial charge < -0.3 is 0 Å². The highest BCUT2D eigenvalue weighted by Gasteiger charge is 2.47. The first kappa shape index (κ1) is 29.8. The Morgan fingerprint density at radius 2 is 1.00 bits per heavy atom. The molecular formula is C45H28N4S2. The van der Waals surface area contributed by atoms with Crippen LogP contribution in [-0.2, 0) is 5.41 Å². The summed E-state index contributed by atoms with van der Waals surface area (Å²) >= 11 is 3.21. The van der Waals surface area contributed by atoms with Crippen LogP contribution in [0.4, 0.5) is 0 Å². The Morgan fingerprint density at radius 3 is 1.57 bits per heavy atom. The number of benzene rings is 5. The number of fused-ring (bicyclic) bond motifs is 5. The maximum atomic E-state index is 4.90. The molecule has 4 heterocycles. The van der Waals surface area contributed by atoms with Crippen LogP contribution < -0.4 is 0 Å². The number of pyridine rings is 2. The van der Waals surface area contributed by atoms with Crippen LogP contribution in [-0.4, -0.2) is 19.9 Å². The van der Waals surface area contributed by atoms with Crippen LogP contribution in [0.5, 0.6) is 0 Å². The Balaban J connectivity index is 1.25. The minimum absolute atomic E-state index is 0.579. The number of hydrogen-bond donors (Lipinski definition) is 0. The second-order valence-electron chi connectivity index (χ2n) is 12.7. The summed E-state index contributed by atoms with van der Waals surface area (Å²) in [7, 11) is 0. The topological polar surface area (TPSA) is 51.6 Å². The molecule has 0 fully saturated rings. The van der Waals surface area contributed by atoms with Crippen molar-refractivity contribution in [2.45, 2.75) is 5.41 Å². The highest BCUT2D eigenvalue weighted by molar-refractivity contribution is 7.13. The average molecular weight is 689 g/mol. The molecule has 10 rings (SSSR count). The van der Waals surface area contributed by atoms with Gasteiger partial charge in [0.15, 0.2) is 0 Å². The zero-order valence-corrected chi connectivity index (χ0v) is 28.9. The van der Waals surface area contributed by atoms with Crippen molar-refractivity contribution in [3.8, 4) is 54.8 Å². The van der Waals surface area contributed by atoms with E-state index < -0.39 is 5.41 Å². The van der Waals surface area contributed by atoms with Gasteiger partial charge in [0.1, 0.15) is 10.0 Å². The maximum absolute atomic E-state index is 4.90. The highest BCUT2D eigenvalue weighted by Crippen LogP contribution is 2.59. The lowest BCUT2D eigenvalue weighted by Crippen LogP contribution is -2.28. The van der Waals surface area contributed by atoms with Crippen molar-refractivity contribution in [1.29, 1.82) is 0 Å². The molecule has 0 N–H and O–H groups in total. The van der Waals surface area contributed by atoms with Crippen molar-refractivity contribution in [3.63, 3.8) is 0 Å². The third kappa shape index (κ3) is 4.72. The monoisotopic (exact) mass is 688 g/mol. The highest BCUT2D eigenvalue weighted by atomic mass is 32.1. The van der Waals surface area contributed by atoms with Gasteiger partial charge in [-0.05, 0) is 79.5 Å². The first-order valence-corrected chi connectivity index (χ1v) is 18.6. The number of hydrogen-bond acceptors (Lipinski definition) is 6. The second kappa shape index (κ2) is 12.1. The Bertz CT molecular complexity index is 2610. The quantitative estimate of drug-likeness (QED) is 0.174. The summed E-state index contributed by atoms with van der Waals surface area (Å²) in [4.78, 5) is 18.7. The van der Waals surface area contributed by atoms with Gasteiger partial charge in [-0.3, -0.25) is 9.97 Å². The molecule has 240 valence electrons. The molecule has 9 aromatic rings. The predicted molar refractivity (Wildman–Crippen MR) is 210 cm³/mol. The Kier molecular flexibility index (Phi) is 7.05. The largest absolute Gasteiger partial charge is 0.253 e. The van der Waals surface area contributed by atoms with Crippen molar-refractivity contribution in [2.24, 2.45) is 0 Å². The van der Waals surface area contributed by atoms with Crippen LogP contribution >= 0.6 is 22.7 Å². The van der Waals surface area contributed by atoms with Gasteiger partial charge >= 0.3 is 0 Å². The number of rotatable bonds is 6. The summed E-state index contributed by atoms with van der Waals surface area (Å²) in [6.07, 6.45) is 7.63. The van der Waals surface area contributed by atoms with Crippen molar-refractivity contribution in [1.82, 2.24) is 19.9 Å². The minimum Gasteiger partial charge on any atom is -0.253 e. The molecular weight excluding hydrogens is 661 g/mol. The molecule has 0 bridgehead atoms. The summed E-state index contributed by atoms with van der Waals surface area (Å²) in [5.74, 6) is 0. The van der Waals surface area contributed by atoms with Crippen molar-refractivity contribution in [3.05, 3.63) is 191 Å². The third-order valence-corrected chi connectivity index (χ3v) is 11.6. The van der Waals surface area contributed by atoms with Gasteiger partial charge in [0.25, 0.3) is 0 Å². The van der Waals surface area contributed by atoms with Gasteiger partial charge in [-0.2, -0.15) is 0 Å². The molecule has 0 amide bonds. The van der Waals surface area contributed by atoms with Gasteiger partial charge in [-0.25, -0.2) is 9.97 Å². The number of thiazole rings is 2. The Labute approximate surface area is 303 Å². The van der Waals surface area contributed by atoms with E-state index >= 15 is 0 Å². The first-order chi connectivity index (χ1) is 25.3. The molecule has 6 heteroatoms. The molecule has 51 heavy (non-hydrogen) atoms. The van der Waals surface area contributed by atoms with Crippen LogP contribution in [0, 0.1) is 0 Å². The van der Waals surface area contributed by atoms with Gasteiger partial charge in [-0.1, -0.05) is 109 Å². The van der Waals surface area contributed by atoms with E-state index in [0.29, 0.717) is 0 Å². The van der Waals surface area contributed by atoms with E-state index in [2.05, 4.69) is 143 Å². The lowest BCUT2D eigenvalue weighted by Gasteiger charge is -2.34. The normalized spacial score (nSPS) is 12.9. The molecule has 0 atom stereocenters. The van der Waals surface area contributed by atoms with E-state index in [1.54, 1.807) is 22.7 Å². The summed E-state index contributed by atoms with van der Waals surface area (Å²) < 4.78 is 0. The molecule has 0 saturated heterocycles. The molecule has 4 aromatic heterocycles. The van der Waals surface area contributed by atoms with Crippen molar-refractivity contribution in [2.75, 3.05) is 0 Å². The molecule has 0 saturated carbocycles. The van der Waals surface area contributed by atoms with Gasteiger partial charge in [0.2, 0.25) is 0 Å². The Morgan fingerprint density at radius 1 is 0.431 bits per heavy atom. The molecule has 0 spiro atoms. The van der Waals surface area contributed by atoms with E-state index in [-0.39, 0.29) is 0 Å². The fourth-order valence-corrected chi connectivity index (χ4v) is 9.06. The molecule has 0 unspecified atom stereocenters. The summed E-state index contributed by atoms with van der Waals surface area (Å²) in [5.41, 5.74) is 13.1. The van der Waals surface area contributed by atoms with Gasteiger partial charge in [0.05, 0.1) is 16.8 Å². The lowest BCUT2D eigenvalue weighted by molar-refractivity contribution is 0.769. The SMILES string of the molecule is c1ccc(C2(c3ccccc3)c3cc(-c4ccc(-c5nccs5)nc4)ccc3-c3c2cc(-c2ccc(-c4nccs4)nc2)c2ccccc32)cc1. The van der Waals surface area contributed by atoms with Crippen LogP contribution in [0.15, 0.2) is 169 Å². The lowest BCUT2D eigenvalue weighted by atomic mass is 9.67. The second-order valence-corrected chi connectivity index (χ2v) is 14.5. The van der Waals surface area contributed by atoms with E-state index in [9.17, 15) is 0 Å². The van der Waals surface area contributed by atoms with Crippen LogP contribution in [0.3, 0.4) is 0 Å². The van der Waals surface area contributed by atoms with E-state index in [4.69, 9.17) is 9.97 Å². The zero-order chi connectivity index (χ0) is 33.8. The van der Waals surface area contributed by atoms with Gasteiger partial charge in [0, 0.05) is 46.7 Å². The number of aromatic nitrogens is 4. The van der Waals surface area contributed by atoms with E-state index in [1.807, 2.05) is 35.5 Å². The van der Waals surface area contributed by atoms with Crippen LogP contribution in [0.2, 0.25) is 0 Å². The Hall–Kier alpha value is -6.08. The zero-order valence-electron chi connectivity index (χ0n) is 27.3. The molecule has 5 aromatic carbocycles. The molecule has 0 radical (unpaired) electrons. The summed E-state index contributed by atoms with van der Waals surface area (Å²) in [6, 6.07) is 48.7. The van der Waals surface area contributed by atoms with Crippen molar-refractivity contribution < 1.29 is 0 Å². The van der Waals surface area contributed by atoms with Crippen LogP contribution in [0.25, 0.3) is 65.6 Å². The summed E-state index contributed by atoms with van der Waals surface area (Å²) in [5, 5.41) is 8.25. The molecule has 0 aliphatic heterocycles. The fourth-order valence-electron chi connectivity index (χ4n) is 7.83. The van der Waals surface area contributed by atoms with E-state index in [0.717, 1.165) is 43.7 Å². The molecule has 1 aliphatic carbocycles. The maximum Gasteiger partial charge on any atom is 0.141 e. The van der Waals surface area contributed by atoms with E-state index in [1.165, 1.54) is 44.2 Å². The molecule has 4 nitrogen and oxygen atoms in total. The first-order valence-electron chi connectivity index (χ1n) is 16.8.